The molecule has 4 rings (SSSR count). The lowest BCUT2D eigenvalue weighted by molar-refractivity contribution is -0.172. The van der Waals surface area contributed by atoms with Gasteiger partial charge in [-0.2, -0.15) is 0 Å². The fourth-order valence-electron chi connectivity index (χ4n) is 4.67. The van der Waals surface area contributed by atoms with E-state index in [-0.39, 0.29) is 29.6 Å². The molecule has 0 radical (unpaired) electrons. The number of carbonyl (C=O) groups excluding carboxylic acids is 2. The van der Waals surface area contributed by atoms with Gasteiger partial charge < -0.3 is 15.0 Å². The van der Waals surface area contributed by atoms with E-state index < -0.39 is 0 Å². The smallest absolute Gasteiger partial charge is 0.228 e. The Kier molecular flexibility index (Phi) is 4.51. The monoisotopic (exact) mass is 356 g/mol. The molecule has 1 aromatic carbocycles. The fraction of sp³-hybridized carbons (Fsp3) is 0.619. The minimum absolute atomic E-state index is 0.0633. The number of hydrogen-bond donors (Lipinski definition) is 1. The number of hydrogen-bond acceptors (Lipinski definition) is 3. The van der Waals surface area contributed by atoms with Crippen LogP contribution in [0.15, 0.2) is 18.2 Å². The second kappa shape index (κ2) is 6.69. The molecule has 0 unspecified atom stereocenters. The highest BCUT2D eigenvalue weighted by molar-refractivity contribution is 5.99. The Balaban J connectivity index is 1.34. The number of nitrogens with zero attached hydrogens (tertiary/aromatic N) is 1. The second-order valence-corrected chi connectivity index (χ2v) is 8.51. The highest BCUT2D eigenvalue weighted by Crippen LogP contribution is 2.36. The normalized spacial score (nSPS) is 26.4. The number of aryl methyl sites for hydroxylation is 1. The summed E-state index contributed by atoms with van der Waals surface area (Å²) in [6.45, 7) is 4.86. The summed E-state index contributed by atoms with van der Waals surface area (Å²) in [4.78, 5) is 26.4. The summed E-state index contributed by atoms with van der Waals surface area (Å²) in [6, 6.07) is 6.40. The van der Waals surface area contributed by atoms with E-state index >= 15 is 0 Å². The summed E-state index contributed by atoms with van der Waals surface area (Å²) in [5.41, 5.74) is 2.95. The van der Waals surface area contributed by atoms with Crippen LogP contribution in [-0.2, 0) is 27.2 Å². The molecule has 5 heteroatoms. The first-order valence-electron chi connectivity index (χ1n) is 9.80. The summed E-state index contributed by atoms with van der Waals surface area (Å²) in [6.07, 6.45) is 6.25. The van der Waals surface area contributed by atoms with Crippen molar-refractivity contribution >= 4 is 17.5 Å². The van der Waals surface area contributed by atoms with Crippen molar-refractivity contribution in [3.8, 4) is 0 Å². The Bertz CT molecular complexity index is 728. The van der Waals surface area contributed by atoms with Crippen LogP contribution in [0.1, 0.15) is 57.1 Å². The van der Waals surface area contributed by atoms with Gasteiger partial charge in [0.2, 0.25) is 11.8 Å². The molecule has 2 amide bonds. The van der Waals surface area contributed by atoms with E-state index in [1.807, 2.05) is 6.07 Å². The van der Waals surface area contributed by atoms with Crippen LogP contribution in [-0.4, -0.2) is 41.0 Å². The van der Waals surface area contributed by atoms with Crippen molar-refractivity contribution in [3.05, 3.63) is 29.3 Å². The molecule has 2 fully saturated rings. The van der Waals surface area contributed by atoms with Crippen molar-refractivity contribution in [2.45, 2.75) is 76.5 Å². The fourth-order valence-corrected chi connectivity index (χ4v) is 4.67. The van der Waals surface area contributed by atoms with Gasteiger partial charge >= 0.3 is 0 Å². The van der Waals surface area contributed by atoms with Gasteiger partial charge in [-0.05, 0) is 63.1 Å². The standard InChI is InChI=1S/C21H28N2O3/c1-21(2)13-23(17-6-4-7-18(17)26-21)20(25)8-3-5-14-9-10-16-15(11-14)12-19(24)22-16/h9-11,17-18H,3-8,12-13H2,1-2H3,(H,22,24)/t17-,18-/m1/s1. The Morgan fingerprint density at radius 1 is 1.35 bits per heavy atom. The maximum atomic E-state index is 12.9. The highest BCUT2D eigenvalue weighted by atomic mass is 16.5. The quantitative estimate of drug-likeness (QED) is 0.902. The summed E-state index contributed by atoms with van der Waals surface area (Å²) < 4.78 is 6.18. The summed E-state index contributed by atoms with van der Waals surface area (Å²) in [5.74, 6) is 0.324. The van der Waals surface area contributed by atoms with E-state index in [1.54, 1.807) is 0 Å². The zero-order valence-electron chi connectivity index (χ0n) is 15.7. The van der Waals surface area contributed by atoms with Crippen LogP contribution in [0.25, 0.3) is 0 Å². The third kappa shape index (κ3) is 3.50. The number of amides is 2. The molecule has 2 aliphatic heterocycles. The zero-order chi connectivity index (χ0) is 18.3. The summed E-state index contributed by atoms with van der Waals surface area (Å²) >= 11 is 0. The molecule has 1 saturated heterocycles. The Morgan fingerprint density at radius 2 is 2.19 bits per heavy atom. The largest absolute Gasteiger partial charge is 0.368 e. The van der Waals surface area contributed by atoms with E-state index in [1.165, 1.54) is 5.56 Å². The number of ether oxygens (including phenoxy) is 1. The van der Waals surface area contributed by atoms with Crippen molar-refractivity contribution in [3.63, 3.8) is 0 Å². The lowest BCUT2D eigenvalue weighted by Gasteiger charge is -2.46. The summed E-state index contributed by atoms with van der Waals surface area (Å²) in [5, 5.41) is 2.86. The van der Waals surface area contributed by atoms with E-state index in [4.69, 9.17) is 4.74 Å². The Morgan fingerprint density at radius 3 is 3.04 bits per heavy atom. The average molecular weight is 356 g/mol. The third-order valence-corrected chi connectivity index (χ3v) is 5.81. The van der Waals surface area contributed by atoms with Gasteiger partial charge in [-0.25, -0.2) is 0 Å². The molecule has 26 heavy (non-hydrogen) atoms. The SMILES string of the molecule is CC1(C)CN(C(=O)CCCc2ccc3c(c2)CC(=O)N3)[C@@H]2CCC[C@H]2O1. The van der Waals surface area contributed by atoms with Crippen molar-refractivity contribution in [2.24, 2.45) is 0 Å². The van der Waals surface area contributed by atoms with E-state index in [2.05, 4.69) is 36.2 Å². The highest BCUT2D eigenvalue weighted by Gasteiger charge is 2.44. The van der Waals surface area contributed by atoms with Gasteiger partial charge in [0, 0.05) is 18.7 Å². The first-order valence-corrected chi connectivity index (χ1v) is 9.80. The van der Waals surface area contributed by atoms with Crippen LogP contribution in [0.2, 0.25) is 0 Å². The molecule has 5 nitrogen and oxygen atoms in total. The number of benzene rings is 1. The predicted molar refractivity (Wildman–Crippen MR) is 100 cm³/mol. The molecule has 1 saturated carbocycles. The number of rotatable bonds is 4. The molecule has 2 atom stereocenters. The predicted octanol–water partition coefficient (Wildman–Crippen LogP) is 3.06. The Hall–Kier alpha value is -1.88. The molecule has 1 N–H and O–H groups in total. The van der Waals surface area contributed by atoms with Crippen LogP contribution >= 0.6 is 0 Å². The lowest BCUT2D eigenvalue weighted by atomic mass is 9.99. The minimum Gasteiger partial charge on any atom is -0.368 e. The van der Waals surface area contributed by atoms with Crippen molar-refractivity contribution in [1.82, 2.24) is 4.90 Å². The van der Waals surface area contributed by atoms with Gasteiger partial charge in [0.15, 0.2) is 0 Å². The van der Waals surface area contributed by atoms with Crippen LogP contribution in [0.4, 0.5) is 5.69 Å². The maximum Gasteiger partial charge on any atom is 0.228 e. The molecule has 0 aromatic heterocycles. The van der Waals surface area contributed by atoms with Gasteiger partial charge in [-0.3, -0.25) is 9.59 Å². The lowest BCUT2D eigenvalue weighted by Crippen LogP contribution is -2.58. The van der Waals surface area contributed by atoms with Gasteiger partial charge in [0.05, 0.1) is 24.2 Å². The topological polar surface area (TPSA) is 58.6 Å². The number of carbonyl (C=O) groups is 2. The van der Waals surface area contributed by atoms with Gasteiger partial charge in [0.1, 0.15) is 0 Å². The van der Waals surface area contributed by atoms with E-state index in [0.29, 0.717) is 19.4 Å². The number of morpholine rings is 1. The van der Waals surface area contributed by atoms with Crippen LogP contribution in [0, 0.1) is 0 Å². The molecule has 140 valence electrons. The zero-order valence-corrected chi connectivity index (χ0v) is 15.7. The van der Waals surface area contributed by atoms with Gasteiger partial charge in [-0.1, -0.05) is 12.1 Å². The molecular formula is C21H28N2O3. The van der Waals surface area contributed by atoms with E-state index in [0.717, 1.165) is 43.4 Å². The maximum absolute atomic E-state index is 12.9. The van der Waals surface area contributed by atoms with Crippen LogP contribution in [0.3, 0.4) is 0 Å². The molecule has 1 aliphatic carbocycles. The third-order valence-electron chi connectivity index (χ3n) is 5.81. The first kappa shape index (κ1) is 17.5. The minimum atomic E-state index is -0.249. The summed E-state index contributed by atoms with van der Waals surface area (Å²) in [7, 11) is 0. The number of anilines is 1. The first-order chi connectivity index (χ1) is 12.4. The Labute approximate surface area is 155 Å². The molecule has 0 bridgehead atoms. The molecule has 2 heterocycles. The van der Waals surface area contributed by atoms with Crippen LogP contribution < -0.4 is 5.32 Å². The molecule has 1 aromatic rings. The number of nitrogens with one attached hydrogen (secondary N) is 1. The van der Waals surface area contributed by atoms with Gasteiger partial charge in [0.25, 0.3) is 0 Å². The second-order valence-electron chi connectivity index (χ2n) is 8.51. The molecule has 3 aliphatic rings. The van der Waals surface area contributed by atoms with Crippen LogP contribution in [0.5, 0.6) is 0 Å². The average Bonchev–Trinajstić information content (AvgIpc) is 3.17. The van der Waals surface area contributed by atoms with Crippen molar-refractivity contribution in [2.75, 3.05) is 11.9 Å². The molecule has 0 spiro atoms. The van der Waals surface area contributed by atoms with Crippen molar-refractivity contribution in [1.29, 1.82) is 0 Å². The van der Waals surface area contributed by atoms with E-state index in [9.17, 15) is 9.59 Å². The molecular weight excluding hydrogens is 328 g/mol. The van der Waals surface area contributed by atoms with Gasteiger partial charge in [-0.15, -0.1) is 0 Å². The van der Waals surface area contributed by atoms with Crippen molar-refractivity contribution < 1.29 is 14.3 Å². The number of fused-ring (bicyclic) bond motifs is 2.